The van der Waals surface area contributed by atoms with Crippen LogP contribution < -0.4 is 5.48 Å². The normalized spacial score (nSPS) is 10.0. The number of nitro benzene ring substituents is 1. The Kier molecular flexibility index (Phi) is 3.94. The average Bonchev–Trinajstić information content (AvgIpc) is 2.22. The van der Waals surface area contributed by atoms with Crippen molar-refractivity contribution in [2.24, 2.45) is 0 Å². The number of carbonyl (C=O) groups is 1. The van der Waals surface area contributed by atoms with E-state index in [2.05, 4.69) is 10.3 Å². The van der Waals surface area contributed by atoms with Crippen LogP contribution in [0.25, 0.3) is 0 Å². The summed E-state index contributed by atoms with van der Waals surface area (Å²) in [5.41, 5.74) is 1.65. The molecule has 0 amide bonds. The van der Waals surface area contributed by atoms with E-state index in [-0.39, 0.29) is 11.3 Å². The molecule has 0 bridgehead atoms. The third-order valence-electron chi connectivity index (χ3n) is 1.85. The van der Waals surface area contributed by atoms with E-state index in [1.54, 1.807) is 0 Å². The summed E-state index contributed by atoms with van der Waals surface area (Å²) in [4.78, 5) is 24.5. The number of anilines is 1. The lowest BCUT2D eigenvalue weighted by atomic mass is 10.2. The van der Waals surface area contributed by atoms with Gasteiger partial charge in [-0.15, -0.1) is 0 Å². The van der Waals surface area contributed by atoms with Crippen LogP contribution in [0.1, 0.15) is 5.56 Å². The van der Waals surface area contributed by atoms with E-state index in [1.165, 1.54) is 6.92 Å². The molecule has 0 aliphatic carbocycles. The summed E-state index contributed by atoms with van der Waals surface area (Å²) in [6.45, 7) is 0.745. The molecule has 0 heterocycles. The number of aliphatic carboxylic acids is 1. The first-order valence-corrected chi connectivity index (χ1v) is 4.46. The molecule has 7 nitrogen and oxygen atoms in total. The molecular weight excluding hydrogens is 235 g/mol. The molecule has 1 aromatic rings. The van der Waals surface area contributed by atoms with Crippen molar-refractivity contribution in [3.63, 3.8) is 0 Å². The van der Waals surface area contributed by atoms with E-state index in [4.69, 9.17) is 5.11 Å². The first-order valence-electron chi connectivity index (χ1n) is 4.46. The van der Waals surface area contributed by atoms with Gasteiger partial charge in [-0.25, -0.2) is 9.18 Å². The Balaban J connectivity index is 2.92. The molecule has 0 aliphatic rings. The zero-order valence-corrected chi connectivity index (χ0v) is 8.77. The van der Waals surface area contributed by atoms with Gasteiger partial charge in [0.2, 0.25) is 0 Å². The third kappa shape index (κ3) is 3.38. The molecule has 0 atom stereocenters. The second-order valence-electron chi connectivity index (χ2n) is 3.16. The highest BCUT2D eigenvalue weighted by molar-refractivity contribution is 5.68. The highest BCUT2D eigenvalue weighted by Gasteiger charge is 2.17. The van der Waals surface area contributed by atoms with Crippen molar-refractivity contribution >= 4 is 17.3 Å². The van der Waals surface area contributed by atoms with Gasteiger partial charge in [-0.05, 0) is 18.6 Å². The van der Waals surface area contributed by atoms with Crippen LogP contribution in [-0.2, 0) is 9.63 Å². The zero-order valence-electron chi connectivity index (χ0n) is 8.77. The molecule has 0 unspecified atom stereocenters. The lowest BCUT2D eigenvalue weighted by Gasteiger charge is -2.07. The standard InChI is InChI=1S/C9H9FN2O5/c1-5-2-7(11-17-4-9(13)14)8(12(15)16)3-6(5)10/h2-3,11H,4H2,1H3,(H,13,14). The number of hydrogen-bond acceptors (Lipinski definition) is 5. The third-order valence-corrected chi connectivity index (χ3v) is 1.85. The van der Waals surface area contributed by atoms with Crippen molar-refractivity contribution in [2.75, 3.05) is 12.1 Å². The predicted molar refractivity (Wildman–Crippen MR) is 55.0 cm³/mol. The fraction of sp³-hybridized carbons (Fsp3) is 0.222. The van der Waals surface area contributed by atoms with Crippen molar-refractivity contribution in [3.8, 4) is 0 Å². The Morgan fingerprint density at radius 3 is 2.82 bits per heavy atom. The summed E-state index contributed by atoms with van der Waals surface area (Å²) in [6.07, 6.45) is 0. The Morgan fingerprint density at radius 1 is 1.65 bits per heavy atom. The van der Waals surface area contributed by atoms with E-state index in [0.717, 1.165) is 12.1 Å². The number of halogens is 1. The Labute approximate surface area is 94.9 Å². The minimum Gasteiger partial charge on any atom is -0.479 e. The van der Waals surface area contributed by atoms with Crippen LogP contribution in [0.3, 0.4) is 0 Å². The number of nitrogens with one attached hydrogen (secondary N) is 1. The minimum atomic E-state index is -1.24. The summed E-state index contributed by atoms with van der Waals surface area (Å²) in [7, 11) is 0. The molecule has 17 heavy (non-hydrogen) atoms. The number of carboxylic acid groups (broad SMARTS) is 1. The van der Waals surface area contributed by atoms with E-state index in [9.17, 15) is 19.3 Å². The van der Waals surface area contributed by atoms with Gasteiger partial charge in [0.05, 0.1) is 11.0 Å². The predicted octanol–water partition coefficient (Wildman–Crippen LogP) is 1.47. The van der Waals surface area contributed by atoms with Crippen molar-refractivity contribution < 1.29 is 24.1 Å². The summed E-state index contributed by atoms with van der Waals surface area (Å²) in [5.74, 6) is -1.96. The number of benzene rings is 1. The molecule has 1 aromatic carbocycles. The van der Waals surface area contributed by atoms with Crippen molar-refractivity contribution in [1.82, 2.24) is 0 Å². The van der Waals surface area contributed by atoms with Crippen LogP contribution in [-0.4, -0.2) is 22.6 Å². The van der Waals surface area contributed by atoms with Crippen LogP contribution in [0.5, 0.6) is 0 Å². The van der Waals surface area contributed by atoms with E-state index in [1.807, 2.05) is 0 Å². The Bertz CT molecular complexity index is 463. The molecule has 0 saturated carbocycles. The summed E-state index contributed by atoms with van der Waals surface area (Å²) in [5, 5.41) is 18.9. The van der Waals surface area contributed by atoms with Gasteiger partial charge < -0.3 is 5.11 Å². The quantitative estimate of drug-likeness (QED) is 0.600. The number of carboxylic acids is 1. The number of hydrogen-bond donors (Lipinski definition) is 2. The first kappa shape index (κ1) is 12.8. The smallest absolute Gasteiger partial charge is 0.332 e. The second kappa shape index (κ2) is 5.21. The molecule has 0 saturated heterocycles. The maximum Gasteiger partial charge on any atom is 0.332 e. The molecule has 2 N–H and O–H groups in total. The highest BCUT2D eigenvalue weighted by Crippen LogP contribution is 2.27. The first-order chi connectivity index (χ1) is 7.91. The SMILES string of the molecule is Cc1cc(NOCC(=O)O)c([N+](=O)[O-])cc1F. The van der Waals surface area contributed by atoms with Gasteiger partial charge in [-0.2, -0.15) is 0 Å². The Morgan fingerprint density at radius 2 is 2.29 bits per heavy atom. The molecule has 0 aromatic heterocycles. The topological polar surface area (TPSA) is 102 Å². The summed E-state index contributed by atoms with van der Waals surface area (Å²) < 4.78 is 13.1. The van der Waals surface area contributed by atoms with Gasteiger partial charge in [-0.3, -0.25) is 20.4 Å². The van der Waals surface area contributed by atoms with Gasteiger partial charge in [-0.1, -0.05) is 0 Å². The van der Waals surface area contributed by atoms with Crippen molar-refractivity contribution in [2.45, 2.75) is 6.92 Å². The minimum absolute atomic E-state index is 0.102. The molecule has 0 spiro atoms. The Hall–Kier alpha value is -2.22. The number of nitro groups is 1. The van der Waals surface area contributed by atoms with Gasteiger partial charge >= 0.3 is 5.97 Å². The average molecular weight is 244 g/mol. The molecule has 0 radical (unpaired) electrons. The molecule has 1 rings (SSSR count). The fourth-order valence-electron chi connectivity index (χ4n) is 1.08. The van der Waals surface area contributed by atoms with Gasteiger partial charge in [0.15, 0.2) is 6.61 Å². The van der Waals surface area contributed by atoms with Crippen LogP contribution in [0.2, 0.25) is 0 Å². The number of aryl methyl sites for hydroxylation is 1. The monoisotopic (exact) mass is 244 g/mol. The number of rotatable bonds is 5. The van der Waals surface area contributed by atoms with Crippen LogP contribution in [0.15, 0.2) is 12.1 Å². The second-order valence-corrected chi connectivity index (χ2v) is 3.16. The lowest BCUT2D eigenvalue weighted by molar-refractivity contribution is -0.384. The molecule has 8 heteroatoms. The van der Waals surface area contributed by atoms with Crippen LogP contribution in [0, 0.1) is 22.9 Å². The van der Waals surface area contributed by atoms with Gasteiger partial charge in [0, 0.05) is 0 Å². The maximum atomic E-state index is 13.1. The van der Waals surface area contributed by atoms with Crippen molar-refractivity contribution in [3.05, 3.63) is 33.6 Å². The van der Waals surface area contributed by atoms with Gasteiger partial charge in [0.25, 0.3) is 5.69 Å². The van der Waals surface area contributed by atoms with Crippen LogP contribution in [0.4, 0.5) is 15.8 Å². The molecule has 0 fully saturated rings. The number of nitrogens with zero attached hydrogens (tertiary/aromatic N) is 1. The maximum absolute atomic E-state index is 13.1. The molecule has 92 valence electrons. The van der Waals surface area contributed by atoms with Gasteiger partial charge in [0.1, 0.15) is 11.5 Å². The molecular formula is C9H9FN2O5. The molecule has 0 aliphatic heterocycles. The van der Waals surface area contributed by atoms with E-state index < -0.39 is 29.0 Å². The van der Waals surface area contributed by atoms with Crippen LogP contribution >= 0.6 is 0 Å². The summed E-state index contributed by atoms with van der Waals surface area (Å²) >= 11 is 0. The van der Waals surface area contributed by atoms with Crippen molar-refractivity contribution in [1.29, 1.82) is 0 Å². The largest absolute Gasteiger partial charge is 0.479 e. The van der Waals surface area contributed by atoms with E-state index in [0.29, 0.717) is 0 Å². The fourth-order valence-corrected chi connectivity index (χ4v) is 1.08. The zero-order chi connectivity index (χ0) is 13.0. The summed E-state index contributed by atoms with van der Waals surface area (Å²) in [6, 6.07) is 1.90. The lowest BCUT2D eigenvalue weighted by Crippen LogP contribution is -2.12. The highest BCUT2D eigenvalue weighted by atomic mass is 19.1. The van der Waals surface area contributed by atoms with E-state index >= 15 is 0 Å².